The van der Waals surface area contributed by atoms with Gasteiger partial charge in [0.25, 0.3) is 0 Å². The van der Waals surface area contributed by atoms with E-state index in [9.17, 15) is 0 Å². The minimum absolute atomic E-state index is 1.10. The van der Waals surface area contributed by atoms with Gasteiger partial charge < -0.3 is 0 Å². The van der Waals surface area contributed by atoms with Gasteiger partial charge in [-0.3, -0.25) is 0 Å². The Kier molecular flexibility index (Phi) is 4.73. The van der Waals surface area contributed by atoms with Gasteiger partial charge in [-0.2, -0.15) is 0 Å². The molecule has 0 aliphatic rings. The molecule has 23 heavy (non-hydrogen) atoms. The summed E-state index contributed by atoms with van der Waals surface area (Å²) in [5.41, 5.74) is 5.21. The Balaban J connectivity index is 1.74. The van der Waals surface area contributed by atoms with Crippen LogP contribution in [0.25, 0.3) is 22.9 Å². The first-order chi connectivity index (χ1) is 11.3. The van der Waals surface area contributed by atoms with Crippen LogP contribution in [0, 0.1) is 0 Å². The van der Waals surface area contributed by atoms with Crippen molar-refractivity contribution in [1.82, 2.24) is 0 Å². The van der Waals surface area contributed by atoms with Crippen LogP contribution in [0.1, 0.15) is 28.7 Å². The third-order valence-electron chi connectivity index (χ3n) is 4.39. The first-order valence-corrected chi connectivity index (χ1v) is 8.16. The summed E-state index contributed by atoms with van der Waals surface area (Å²) >= 11 is 0. The maximum atomic E-state index is 3.92. The molecule has 0 amide bonds. The van der Waals surface area contributed by atoms with Gasteiger partial charge >= 0.3 is 0 Å². The molecule has 0 aliphatic carbocycles. The van der Waals surface area contributed by atoms with Gasteiger partial charge in [-0.05, 0) is 52.3 Å². The van der Waals surface area contributed by atoms with Gasteiger partial charge in [-0.1, -0.05) is 86.0 Å². The molecule has 0 radical (unpaired) electrons. The van der Waals surface area contributed by atoms with Gasteiger partial charge in [0.15, 0.2) is 0 Å². The lowest BCUT2D eigenvalue weighted by molar-refractivity contribution is 0.825. The molecule has 0 heteroatoms. The molecule has 0 atom stereocenters. The second kappa shape index (κ2) is 7.11. The highest BCUT2D eigenvalue weighted by molar-refractivity contribution is 5.92. The first-order valence-electron chi connectivity index (χ1n) is 8.16. The number of rotatable bonds is 6. The lowest BCUT2D eigenvalue weighted by Gasteiger charge is -2.09. The zero-order chi connectivity index (χ0) is 16.1. The van der Waals surface area contributed by atoms with Crippen molar-refractivity contribution in [2.75, 3.05) is 0 Å². The van der Waals surface area contributed by atoms with Crippen LogP contribution in [-0.4, -0.2) is 0 Å². The summed E-state index contributed by atoms with van der Waals surface area (Å²) in [6.07, 6.45) is 7.19. The standard InChI is InChI=1S/C23H22/c1-3-18-12-14-19(15-13-18)8-7-9-21-17-16-20(4-2)22-10-5-6-11-23(21)22/h3-6,10-17H,1-2,7-9H2. The van der Waals surface area contributed by atoms with E-state index in [0.29, 0.717) is 0 Å². The molecule has 114 valence electrons. The van der Waals surface area contributed by atoms with E-state index in [-0.39, 0.29) is 0 Å². The SMILES string of the molecule is C=Cc1ccc(CCCc2ccc(C=C)c3ccccc23)cc1. The molecule has 0 fully saturated rings. The van der Waals surface area contributed by atoms with Crippen LogP contribution in [0.15, 0.2) is 73.8 Å². The smallest absolute Gasteiger partial charge is 0.0109 e. The summed E-state index contributed by atoms with van der Waals surface area (Å²) in [6, 6.07) is 21.7. The summed E-state index contributed by atoms with van der Waals surface area (Å²) in [4.78, 5) is 0. The molecule has 3 aromatic carbocycles. The van der Waals surface area contributed by atoms with Gasteiger partial charge in [-0.15, -0.1) is 0 Å². The van der Waals surface area contributed by atoms with Crippen molar-refractivity contribution < 1.29 is 0 Å². The summed E-state index contributed by atoms with van der Waals surface area (Å²) in [7, 11) is 0. The highest BCUT2D eigenvalue weighted by Gasteiger charge is 2.04. The molecule has 0 heterocycles. The Morgan fingerprint density at radius 2 is 1.43 bits per heavy atom. The van der Waals surface area contributed by atoms with Crippen LogP contribution >= 0.6 is 0 Å². The van der Waals surface area contributed by atoms with Gasteiger partial charge in [0.2, 0.25) is 0 Å². The normalized spacial score (nSPS) is 10.6. The Bertz CT molecular complexity index is 822. The number of fused-ring (bicyclic) bond motifs is 1. The summed E-state index contributed by atoms with van der Waals surface area (Å²) in [6.45, 7) is 7.72. The third kappa shape index (κ3) is 3.43. The van der Waals surface area contributed by atoms with E-state index in [4.69, 9.17) is 0 Å². The van der Waals surface area contributed by atoms with Crippen molar-refractivity contribution in [2.24, 2.45) is 0 Å². The van der Waals surface area contributed by atoms with Crippen molar-refractivity contribution in [3.63, 3.8) is 0 Å². The van der Waals surface area contributed by atoms with Crippen LogP contribution in [0.3, 0.4) is 0 Å². The van der Waals surface area contributed by atoms with E-state index in [1.54, 1.807) is 0 Å². The third-order valence-corrected chi connectivity index (χ3v) is 4.39. The predicted octanol–water partition coefficient (Wildman–Crippen LogP) is 6.30. The van der Waals surface area contributed by atoms with Crippen molar-refractivity contribution in [1.29, 1.82) is 0 Å². The van der Waals surface area contributed by atoms with Gasteiger partial charge in [0.05, 0.1) is 0 Å². The fourth-order valence-corrected chi connectivity index (χ4v) is 3.08. The van der Waals surface area contributed by atoms with Crippen LogP contribution in [-0.2, 0) is 12.8 Å². The molecule has 0 saturated heterocycles. The molecule has 3 rings (SSSR count). The second-order valence-corrected chi connectivity index (χ2v) is 5.86. The minimum Gasteiger partial charge on any atom is -0.0985 e. The Morgan fingerprint density at radius 3 is 2.13 bits per heavy atom. The topological polar surface area (TPSA) is 0 Å². The fourth-order valence-electron chi connectivity index (χ4n) is 3.08. The summed E-state index contributed by atoms with van der Waals surface area (Å²) in [5.74, 6) is 0. The molecule has 0 nitrogen and oxygen atoms in total. The Hall–Kier alpha value is -2.60. The summed E-state index contributed by atoms with van der Waals surface area (Å²) in [5, 5.41) is 2.65. The molecular formula is C23H22. The van der Waals surface area contributed by atoms with Crippen LogP contribution in [0.5, 0.6) is 0 Å². The molecule has 0 unspecified atom stereocenters. The van der Waals surface area contributed by atoms with Crippen LogP contribution in [0.4, 0.5) is 0 Å². The number of benzene rings is 3. The number of aryl methyl sites for hydroxylation is 2. The fraction of sp³-hybridized carbons (Fsp3) is 0.130. The molecule has 0 aliphatic heterocycles. The van der Waals surface area contributed by atoms with E-state index >= 15 is 0 Å². The summed E-state index contributed by atoms with van der Waals surface area (Å²) < 4.78 is 0. The van der Waals surface area contributed by atoms with Crippen molar-refractivity contribution in [3.05, 3.63) is 96.1 Å². The highest BCUT2D eigenvalue weighted by Crippen LogP contribution is 2.25. The first kappa shape index (κ1) is 15.3. The molecule has 0 N–H and O–H groups in total. The quantitative estimate of drug-likeness (QED) is 0.501. The molecule has 3 aromatic rings. The van der Waals surface area contributed by atoms with Gasteiger partial charge in [-0.25, -0.2) is 0 Å². The molecule has 0 spiro atoms. The van der Waals surface area contributed by atoms with Crippen molar-refractivity contribution >= 4 is 22.9 Å². The average molecular weight is 298 g/mol. The maximum absolute atomic E-state index is 3.92. The van der Waals surface area contributed by atoms with Crippen LogP contribution < -0.4 is 0 Å². The highest BCUT2D eigenvalue weighted by atomic mass is 14.1. The van der Waals surface area contributed by atoms with E-state index in [1.165, 1.54) is 33.0 Å². The van der Waals surface area contributed by atoms with Gasteiger partial charge in [0, 0.05) is 0 Å². The Morgan fingerprint density at radius 1 is 0.696 bits per heavy atom. The number of hydrogen-bond acceptors (Lipinski definition) is 0. The lowest BCUT2D eigenvalue weighted by Crippen LogP contribution is -1.92. The van der Waals surface area contributed by atoms with E-state index in [1.807, 2.05) is 12.2 Å². The second-order valence-electron chi connectivity index (χ2n) is 5.86. The monoisotopic (exact) mass is 298 g/mol. The van der Waals surface area contributed by atoms with E-state index in [2.05, 4.69) is 73.8 Å². The zero-order valence-electron chi connectivity index (χ0n) is 13.5. The molecule has 0 bridgehead atoms. The van der Waals surface area contributed by atoms with E-state index < -0.39 is 0 Å². The zero-order valence-corrected chi connectivity index (χ0v) is 13.5. The number of hydrogen-bond donors (Lipinski definition) is 0. The maximum Gasteiger partial charge on any atom is -0.0109 e. The van der Waals surface area contributed by atoms with E-state index in [0.717, 1.165) is 19.3 Å². The molecular weight excluding hydrogens is 276 g/mol. The lowest BCUT2D eigenvalue weighted by atomic mass is 9.95. The molecule has 0 aromatic heterocycles. The Labute approximate surface area is 138 Å². The van der Waals surface area contributed by atoms with Crippen LogP contribution in [0.2, 0.25) is 0 Å². The van der Waals surface area contributed by atoms with Gasteiger partial charge in [0.1, 0.15) is 0 Å². The minimum atomic E-state index is 1.10. The van der Waals surface area contributed by atoms with Crippen molar-refractivity contribution in [2.45, 2.75) is 19.3 Å². The van der Waals surface area contributed by atoms with Crippen molar-refractivity contribution in [3.8, 4) is 0 Å². The average Bonchev–Trinajstić information content (AvgIpc) is 2.62. The molecule has 0 saturated carbocycles. The predicted molar refractivity (Wildman–Crippen MR) is 103 cm³/mol. The largest absolute Gasteiger partial charge is 0.0985 e.